The monoisotopic (exact) mass is 186 g/mol. The molecule has 0 radical (unpaired) electrons. The average molecular weight is 186 g/mol. The molecular weight excluding hydrogens is 160 g/mol. The minimum Gasteiger partial charge on any atom is -0.309 e. The highest BCUT2D eigenvalue weighted by atomic mass is 15.1. The van der Waals surface area contributed by atoms with Crippen molar-refractivity contribution < 1.29 is 0 Å². The highest BCUT2D eigenvalue weighted by molar-refractivity contribution is 4.76. The smallest absolute Gasteiger partial charge is 0.00663 e. The highest BCUT2D eigenvalue weighted by Crippen LogP contribution is 2.24. The lowest BCUT2D eigenvalue weighted by molar-refractivity contribution is 0.167. The molecule has 0 heterocycles. The fraction of sp³-hybridized carbons (Fsp3) is 1.00. The molecule has 0 N–H and O–H groups in total. The molecule has 2 nitrogen and oxygen atoms in total. The number of rotatable bonds is 5. The lowest BCUT2D eigenvalue weighted by atomic mass is 9.85. The van der Waals surface area contributed by atoms with E-state index in [0.717, 1.165) is 6.54 Å². The van der Waals surface area contributed by atoms with E-state index in [1.807, 2.05) is 0 Å². The molecule has 0 rings (SSSR count). The van der Waals surface area contributed by atoms with E-state index in [-0.39, 0.29) is 0 Å². The van der Waals surface area contributed by atoms with Crippen molar-refractivity contribution in [3.63, 3.8) is 0 Å². The maximum absolute atomic E-state index is 2.34. The minimum absolute atomic E-state index is 0.410. The Morgan fingerprint density at radius 1 is 1.08 bits per heavy atom. The summed E-state index contributed by atoms with van der Waals surface area (Å²) in [7, 11) is 8.58. The quantitative estimate of drug-likeness (QED) is 0.647. The first kappa shape index (κ1) is 12.9. The van der Waals surface area contributed by atoms with Gasteiger partial charge in [0.1, 0.15) is 0 Å². The van der Waals surface area contributed by atoms with Crippen molar-refractivity contribution in [3.8, 4) is 0 Å². The van der Waals surface area contributed by atoms with Crippen LogP contribution in [0.1, 0.15) is 27.2 Å². The van der Waals surface area contributed by atoms with Gasteiger partial charge in [-0.25, -0.2) is 0 Å². The van der Waals surface area contributed by atoms with Gasteiger partial charge in [-0.3, -0.25) is 0 Å². The number of hydrogen-bond donors (Lipinski definition) is 0. The molecule has 0 aliphatic heterocycles. The summed E-state index contributed by atoms with van der Waals surface area (Å²) in [6.45, 7) is 8.13. The van der Waals surface area contributed by atoms with E-state index in [2.05, 4.69) is 58.8 Å². The Balaban J connectivity index is 4.00. The normalized spacial score (nSPS) is 15.5. The van der Waals surface area contributed by atoms with Crippen molar-refractivity contribution in [1.29, 1.82) is 0 Å². The van der Waals surface area contributed by atoms with Gasteiger partial charge in [0.2, 0.25) is 0 Å². The maximum Gasteiger partial charge on any atom is 0.00663 e. The topological polar surface area (TPSA) is 6.48 Å². The third kappa shape index (κ3) is 6.05. The van der Waals surface area contributed by atoms with E-state index in [4.69, 9.17) is 0 Å². The van der Waals surface area contributed by atoms with Gasteiger partial charge < -0.3 is 9.80 Å². The summed E-state index contributed by atoms with van der Waals surface area (Å²) in [4.78, 5) is 4.56. The molecule has 0 fully saturated rings. The third-order valence-corrected chi connectivity index (χ3v) is 2.47. The Hall–Kier alpha value is -0.0800. The fourth-order valence-electron chi connectivity index (χ4n) is 1.90. The van der Waals surface area contributed by atoms with Crippen LogP contribution in [0.3, 0.4) is 0 Å². The van der Waals surface area contributed by atoms with Crippen LogP contribution in [-0.2, 0) is 0 Å². The molecule has 13 heavy (non-hydrogen) atoms. The SMILES string of the molecule is CC(CC(C)(C)CN(C)C)N(C)C. The second-order valence-corrected chi connectivity index (χ2v) is 5.42. The van der Waals surface area contributed by atoms with Crippen LogP contribution >= 0.6 is 0 Å². The zero-order valence-electron chi connectivity index (χ0n) is 10.4. The molecule has 0 aromatic rings. The van der Waals surface area contributed by atoms with Crippen molar-refractivity contribution in [3.05, 3.63) is 0 Å². The van der Waals surface area contributed by atoms with Crippen molar-refractivity contribution in [2.24, 2.45) is 5.41 Å². The minimum atomic E-state index is 0.410. The molecule has 0 aromatic heterocycles. The molecule has 0 bridgehead atoms. The van der Waals surface area contributed by atoms with Crippen molar-refractivity contribution in [1.82, 2.24) is 9.80 Å². The summed E-state index contributed by atoms with van der Waals surface area (Å²) in [6.07, 6.45) is 1.25. The molecule has 2 heteroatoms. The van der Waals surface area contributed by atoms with Gasteiger partial charge >= 0.3 is 0 Å². The number of hydrogen-bond acceptors (Lipinski definition) is 2. The van der Waals surface area contributed by atoms with Crippen LogP contribution in [0, 0.1) is 5.41 Å². The van der Waals surface area contributed by atoms with Crippen LogP contribution < -0.4 is 0 Å². The molecule has 0 aromatic carbocycles. The summed E-state index contributed by atoms with van der Waals surface area (Å²) < 4.78 is 0. The highest BCUT2D eigenvalue weighted by Gasteiger charge is 2.22. The second kappa shape index (κ2) is 4.97. The van der Waals surface area contributed by atoms with Crippen LogP contribution in [0.5, 0.6) is 0 Å². The second-order valence-electron chi connectivity index (χ2n) is 5.42. The molecule has 1 atom stereocenters. The van der Waals surface area contributed by atoms with Gasteiger partial charge in [0.15, 0.2) is 0 Å². The third-order valence-electron chi connectivity index (χ3n) is 2.47. The maximum atomic E-state index is 2.34. The summed E-state index contributed by atoms with van der Waals surface area (Å²) >= 11 is 0. The predicted molar refractivity (Wildman–Crippen MR) is 60.1 cm³/mol. The molecule has 0 saturated heterocycles. The Kier molecular flexibility index (Phi) is 4.93. The van der Waals surface area contributed by atoms with Gasteiger partial charge in [0, 0.05) is 12.6 Å². The van der Waals surface area contributed by atoms with Crippen molar-refractivity contribution >= 4 is 0 Å². The van der Waals surface area contributed by atoms with Crippen LogP contribution in [0.25, 0.3) is 0 Å². The van der Waals surface area contributed by atoms with Gasteiger partial charge in [0.05, 0.1) is 0 Å². The summed E-state index contributed by atoms with van der Waals surface area (Å²) in [5, 5.41) is 0. The molecular formula is C11H26N2. The first-order chi connectivity index (χ1) is 5.74. The van der Waals surface area contributed by atoms with Gasteiger partial charge in [-0.15, -0.1) is 0 Å². The molecule has 0 amide bonds. The van der Waals surface area contributed by atoms with E-state index in [1.165, 1.54) is 6.42 Å². The Morgan fingerprint density at radius 3 is 1.85 bits per heavy atom. The van der Waals surface area contributed by atoms with Crippen molar-refractivity contribution in [2.45, 2.75) is 33.2 Å². The Bertz CT molecular complexity index is 139. The Morgan fingerprint density at radius 2 is 1.54 bits per heavy atom. The molecule has 1 unspecified atom stereocenters. The van der Waals surface area contributed by atoms with Crippen LogP contribution in [-0.4, -0.2) is 50.6 Å². The molecule has 0 aliphatic carbocycles. The summed E-state index contributed by atoms with van der Waals surface area (Å²) in [5.74, 6) is 0. The van der Waals surface area contributed by atoms with Gasteiger partial charge in [-0.2, -0.15) is 0 Å². The van der Waals surface area contributed by atoms with Gasteiger partial charge in [-0.05, 0) is 47.0 Å². The zero-order chi connectivity index (χ0) is 10.6. The molecule has 80 valence electrons. The van der Waals surface area contributed by atoms with E-state index in [1.54, 1.807) is 0 Å². The predicted octanol–water partition coefficient (Wildman–Crippen LogP) is 1.91. The van der Waals surface area contributed by atoms with E-state index in [0.29, 0.717) is 11.5 Å². The first-order valence-corrected chi connectivity index (χ1v) is 5.06. The largest absolute Gasteiger partial charge is 0.309 e. The first-order valence-electron chi connectivity index (χ1n) is 5.06. The molecule has 0 aliphatic rings. The summed E-state index contributed by atoms with van der Waals surface area (Å²) in [5.41, 5.74) is 0.410. The standard InChI is InChI=1S/C11H26N2/c1-10(13(6)7)8-11(2,3)9-12(4)5/h10H,8-9H2,1-7H3. The fourth-order valence-corrected chi connectivity index (χ4v) is 1.90. The lowest BCUT2D eigenvalue weighted by Crippen LogP contribution is -2.35. The zero-order valence-corrected chi connectivity index (χ0v) is 10.4. The number of nitrogens with zero attached hydrogens (tertiary/aromatic N) is 2. The van der Waals surface area contributed by atoms with Crippen LogP contribution in [0.15, 0.2) is 0 Å². The molecule has 0 saturated carbocycles. The Labute approximate surface area is 83.9 Å². The molecule has 0 spiro atoms. The van der Waals surface area contributed by atoms with E-state index in [9.17, 15) is 0 Å². The summed E-state index contributed by atoms with van der Waals surface area (Å²) in [6, 6.07) is 0.662. The van der Waals surface area contributed by atoms with Crippen LogP contribution in [0.4, 0.5) is 0 Å². The van der Waals surface area contributed by atoms with Gasteiger partial charge in [0.25, 0.3) is 0 Å². The van der Waals surface area contributed by atoms with Crippen molar-refractivity contribution in [2.75, 3.05) is 34.7 Å². The van der Waals surface area contributed by atoms with E-state index < -0.39 is 0 Å². The van der Waals surface area contributed by atoms with E-state index >= 15 is 0 Å². The van der Waals surface area contributed by atoms with Crippen LogP contribution in [0.2, 0.25) is 0 Å². The average Bonchev–Trinajstić information content (AvgIpc) is 1.81. The lowest BCUT2D eigenvalue weighted by Gasteiger charge is -2.33. The van der Waals surface area contributed by atoms with Gasteiger partial charge in [-0.1, -0.05) is 13.8 Å².